The number of ether oxygens (including phenoxy) is 2. The molecule has 1 spiro atoms. The van der Waals surface area contributed by atoms with Crippen LogP contribution >= 0.6 is 0 Å². The zero-order valence-electron chi connectivity index (χ0n) is 24.3. The van der Waals surface area contributed by atoms with E-state index in [0.717, 1.165) is 39.3 Å². The Bertz CT molecular complexity index is 2020. The van der Waals surface area contributed by atoms with Crippen molar-refractivity contribution in [2.45, 2.75) is 18.1 Å². The van der Waals surface area contributed by atoms with Crippen LogP contribution in [-0.4, -0.2) is 5.90 Å². The predicted molar refractivity (Wildman–Crippen MR) is 175 cm³/mol. The normalized spacial score (nSPS) is 14.8. The van der Waals surface area contributed by atoms with Gasteiger partial charge in [0.05, 0.1) is 5.41 Å². The molecule has 1 atom stereocenters. The fourth-order valence-corrected chi connectivity index (χ4v) is 6.95. The first-order valence-electron chi connectivity index (χ1n) is 14.8. The lowest BCUT2D eigenvalue weighted by Gasteiger charge is -2.39. The fourth-order valence-electron chi connectivity index (χ4n) is 6.95. The zero-order valence-corrected chi connectivity index (χ0v) is 24.3. The van der Waals surface area contributed by atoms with Crippen LogP contribution in [0.5, 0.6) is 11.5 Å². The number of nitrogens with one attached hydrogen (secondary N) is 1. The van der Waals surface area contributed by atoms with E-state index in [-0.39, 0.29) is 5.90 Å². The molecule has 0 bridgehead atoms. The minimum atomic E-state index is -1.16. The minimum absolute atomic E-state index is 0.0378. The van der Waals surface area contributed by atoms with Crippen LogP contribution in [0.15, 0.2) is 146 Å². The van der Waals surface area contributed by atoms with Gasteiger partial charge in [-0.3, -0.25) is 11.1 Å². The molecular weight excluding hydrogens is 540 g/mol. The highest BCUT2D eigenvalue weighted by molar-refractivity contribution is 5.92. The molecular formula is C40H30N2O2. The van der Waals surface area contributed by atoms with Crippen LogP contribution in [0.4, 0.5) is 0 Å². The van der Waals surface area contributed by atoms with E-state index in [4.69, 9.17) is 20.6 Å². The van der Waals surface area contributed by atoms with Crippen molar-refractivity contribution in [3.8, 4) is 33.8 Å². The summed E-state index contributed by atoms with van der Waals surface area (Å²) in [6.45, 7) is 1.78. The number of para-hydroxylation sites is 1. The smallest absolute Gasteiger partial charge is 0.215 e. The quantitative estimate of drug-likeness (QED) is 0.126. The van der Waals surface area contributed by atoms with Crippen molar-refractivity contribution in [3.63, 3.8) is 0 Å². The molecule has 0 saturated heterocycles. The molecule has 1 heterocycles. The Hall–Kier alpha value is -5.45. The molecule has 1 unspecified atom stereocenters. The van der Waals surface area contributed by atoms with Gasteiger partial charge in [0.1, 0.15) is 11.5 Å². The average molecular weight is 571 g/mol. The van der Waals surface area contributed by atoms with E-state index in [2.05, 4.69) is 84.9 Å². The van der Waals surface area contributed by atoms with Crippen molar-refractivity contribution in [2.24, 2.45) is 5.73 Å². The van der Waals surface area contributed by atoms with E-state index in [1.807, 2.05) is 60.7 Å². The van der Waals surface area contributed by atoms with Gasteiger partial charge in [-0.05, 0) is 64.6 Å². The summed E-state index contributed by atoms with van der Waals surface area (Å²) in [7, 11) is 0. The molecule has 4 heteroatoms. The third-order valence-electron chi connectivity index (χ3n) is 8.99. The Morgan fingerprint density at radius 2 is 1.16 bits per heavy atom. The van der Waals surface area contributed by atoms with Crippen molar-refractivity contribution in [3.05, 3.63) is 179 Å². The zero-order chi connectivity index (χ0) is 29.9. The van der Waals surface area contributed by atoms with Crippen LogP contribution < -0.4 is 10.5 Å². The second-order valence-electron chi connectivity index (χ2n) is 11.6. The van der Waals surface area contributed by atoms with Gasteiger partial charge in [-0.1, -0.05) is 121 Å². The highest BCUT2D eigenvalue weighted by Crippen LogP contribution is 2.62. The Labute approximate surface area is 256 Å². The van der Waals surface area contributed by atoms with Crippen LogP contribution in [0.3, 0.4) is 0 Å². The summed E-state index contributed by atoms with van der Waals surface area (Å²) in [5.74, 6) is 1.76. The second-order valence-corrected chi connectivity index (χ2v) is 11.6. The standard InChI is InChI=1S/C40H30N2O2/c1-39(42,44-38(41)27-11-3-2-4-12-27)29-22-19-26(20-23-29)28-21-24-35-37(25-28)43-36-18-10-9-17-34(36)40(35)32-15-7-5-13-30(32)31-14-6-8-16-33(31)40/h2-25,41H,42H2,1H3. The van der Waals surface area contributed by atoms with Gasteiger partial charge in [0.15, 0.2) is 5.72 Å². The second kappa shape index (κ2) is 9.80. The molecule has 6 aromatic carbocycles. The van der Waals surface area contributed by atoms with E-state index < -0.39 is 11.1 Å². The lowest BCUT2D eigenvalue weighted by molar-refractivity contribution is 0.0799. The minimum Gasteiger partial charge on any atom is -0.457 e. The lowest BCUT2D eigenvalue weighted by Crippen LogP contribution is -2.38. The van der Waals surface area contributed by atoms with E-state index in [1.165, 1.54) is 22.3 Å². The summed E-state index contributed by atoms with van der Waals surface area (Å²) in [4.78, 5) is 0. The van der Waals surface area contributed by atoms with Gasteiger partial charge in [0.2, 0.25) is 5.90 Å². The Balaban J connectivity index is 1.20. The Morgan fingerprint density at radius 1 is 0.614 bits per heavy atom. The van der Waals surface area contributed by atoms with Crippen LogP contribution in [0, 0.1) is 5.41 Å². The average Bonchev–Trinajstić information content (AvgIpc) is 3.36. The first-order chi connectivity index (χ1) is 21.5. The van der Waals surface area contributed by atoms with Gasteiger partial charge in [-0.2, -0.15) is 0 Å². The van der Waals surface area contributed by atoms with Gasteiger partial charge in [-0.15, -0.1) is 0 Å². The summed E-state index contributed by atoms with van der Waals surface area (Å²) in [6, 6.07) is 49.8. The van der Waals surface area contributed by atoms with Gasteiger partial charge in [0, 0.05) is 22.3 Å². The molecule has 44 heavy (non-hydrogen) atoms. The van der Waals surface area contributed by atoms with E-state index in [0.29, 0.717) is 5.56 Å². The van der Waals surface area contributed by atoms with Crippen LogP contribution in [0.25, 0.3) is 22.3 Å². The molecule has 6 aromatic rings. The van der Waals surface area contributed by atoms with Crippen molar-refractivity contribution in [1.29, 1.82) is 5.41 Å². The highest BCUT2D eigenvalue weighted by Gasteiger charge is 2.50. The van der Waals surface area contributed by atoms with E-state index in [9.17, 15) is 0 Å². The van der Waals surface area contributed by atoms with Crippen molar-refractivity contribution >= 4 is 5.90 Å². The summed E-state index contributed by atoms with van der Waals surface area (Å²) in [5, 5.41) is 8.40. The van der Waals surface area contributed by atoms with Crippen LogP contribution in [0.1, 0.15) is 40.3 Å². The third kappa shape index (κ3) is 3.85. The molecule has 3 N–H and O–H groups in total. The van der Waals surface area contributed by atoms with Crippen LogP contribution in [-0.2, 0) is 15.9 Å². The van der Waals surface area contributed by atoms with Gasteiger partial charge in [0.25, 0.3) is 0 Å². The van der Waals surface area contributed by atoms with E-state index >= 15 is 0 Å². The predicted octanol–water partition coefficient (Wildman–Crippen LogP) is 9.00. The molecule has 0 radical (unpaired) electrons. The number of rotatable bonds is 4. The largest absolute Gasteiger partial charge is 0.457 e. The maximum Gasteiger partial charge on any atom is 0.215 e. The molecule has 2 aliphatic rings. The molecule has 212 valence electrons. The molecule has 0 saturated carbocycles. The molecule has 8 rings (SSSR count). The van der Waals surface area contributed by atoms with Crippen LogP contribution in [0.2, 0.25) is 0 Å². The molecule has 0 fully saturated rings. The summed E-state index contributed by atoms with van der Waals surface area (Å²) < 4.78 is 12.6. The summed E-state index contributed by atoms with van der Waals surface area (Å²) in [5.41, 5.74) is 15.8. The molecule has 0 amide bonds. The first kappa shape index (κ1) is 26.2. The van der Waals surface area contributed by atoms with Gasteiger partial charge in [-0.25, -0.2) is 0 Å². The van der Waals surface area contributed by atoms with Gasteiger partial charge >= 0.3 is 0 Å². The molecule has 4 nitrogen and oxygen atoms in total. The topological polar surface area (TPSA) is 68.3 Å². The Morgan fingerprint density at radius 3 is 1.84 bits per heavy atom. The molecule has 0 aromatic heterocycles. The lowest BCUT2D eigenvalue weighted by atomic mass is 9.66. The fraction of sp³-hybridized carbons (Fsp3) is 0.0750. The Kier molecular flexibility index (Phi) is 5.83. The van der Waals surface area contributed by atoms with Crippen molar-refractivity contribution in [1.82, 2.24) is 0 Å². The number of hydrogen-bond acceptors (Lipinski definition) is 4. The maximum absolute atomic E-state index is 8.40. The first-order valence-corrected chi connectivity index (χ1v) is 14.8. The maximum atomic E-state index is 8.40. The highest BCUT2D eigenvalue weighted by atomic mass is 16.5. The van der Waals surface area contributed by atoms with Crippen molar-refractivity contribution in [2.75, 3.05) is 0 Å². The summed E-state index contributed by atoms with van der Waals surface area (Å²) >= 11 is 0. The number of fused-ring (bicyclic) bond motifs is 9. The van der Waals surface area contributed by atoms with Crippen molar-refractivity contribution < 1.29 is 9.47 Å². The SMILES string of the molecule is CC(N)(OC(=N)c1ccccc1)c1ccc(-c2ccc3c(c2)Oc2ccccc2C32c3ccccc3-c3ccccc32)cc1. The molecule has 1 aliphatic heterocycles. The number of nitrogens with two attached hydrogens (primary N) is 1. The van der Waals surface area contributed by atoms with E-state index in [1.54, 1.807) is 6.92 Å². The summed E-state index contributed by atoms with van der Waals surface area (Å²) in [6.07, 6.45) is 0. The third-order valence-corrected chi connectivity index (χ3v) is 8.99. The van der Waals surface area contributed by atoms with Gasteiger partial charge < -0.3 is 9.47 Å². The monoisotopic (exact) mass is 570 g/mol. The number of benzene rings is 6. The molecule has 1 aliphatic carbocycles. The number of hydrogen-bond donors (Lipinski definition) is 2.